The van der Waals surface area contributed by atoms with Gasteiger partial charge < -0.3 is 24.8 Å². The first-order valence-electron chi connectivity index (χ1n) is 11.7. The number of nitrogens with one attached hydrogen (secondary N) is 1. The van der Waals surface area contributed by atoms with Crippen LogP contribution in [0, 0.1) is 18.8 Å². The van der Waals surface area contributed by atoms with Crippen molar-refractivity contribution in [2.75, 3.05) is 25.1 Å². The summed E-state index contributed by atoms with van der Waals surface area (Å²) in [5, 5.41) is 12.5. The lowest BCUT2D eigenvalue weighted by molar-refractivity contribution is -0.154. The van der Waals surface area contributed by atoms with E-state index in [0.717, 1.165) is 5.56 Å². The van der Waals surface area contributed by atoms with Crippen LogP contribution in [0.3, 0.4) is 0 Å². The molecule has 34 heavy (non-hydrogen) atoms. The van der Waals surface area contributed by atoms with Gasteiger partial charge in [-0.25, -0.2) is 0 Å². The Balaban J connectivity index is 1.70. The van der Waals surface area contributed by atoms with Crippen LogP contribution in [-0.2, 0) is 23.9 Å². The highest BCUT2D eigenvalue weighted by Gasteiger charge is 2.76. The molecular weight excluding hydrogens is 528 g/mol. The molecule has 0 aromatic heterocycles. The van der Waals surface area contributed by atoms with Crippen molar-refractivity contribution in [1.82, 2.24) is 4.90 Å². The van der Waals surface area contributed by atoms with Crippen LogP contribution in [0.5, 0.6) is 0 Å². The lowest BCUT2D eigenvalue weighted by atomic mass is 9.70. The average Bonchev–Trinajstić information content (AvgIpc) is 3.37. The van der Waals surface area contributed by atoms with Crippen molar-refractivity contribution in [3.63, 3.8) is 0 Å². The number of para-hydroxylation sites is 1. The van der Waals surface area contributed by atoms with Crippen LogP contribution < -0.4 is 5.32 Å². The number of hydrogen-bond acceptors (Lipinski definition) is 6. The molecule has 1 aromatic rings. The number of ether oxygens (including phenoxy) is 2. The molecule has 1 spiro atoms. The third kappa shape index (κ3) is 4.14. The van der Waals surface area contributed by atoms with Crippen LogP contribution in [0.25, 0.3) is 0 Å². The molecule has 0 radical (unpaired) electrons. The van der Waals surface area contributed by atoms with Gasteiger partial charge in [0.25, 0.3) is 0 Å². The summed E-state index contributed by atoms with van der Waals surface area (Å²) in [6.07, 6.45) is 1.83. The fourth-order valence-corrected chi connectivity index (χ4v) is 6.94. The molecule has 3 unspecified atom stereocenters. The van der Waals surface area contributed by atoms with Crippen LogP contribution in [0.15, 0.2) is 18.2 Å². The van der Waals surface area contributed by atoms with E-state index in [4.69, 9.17) is 26.2 Å². The maximum absolute atomic E-state index is 13.8. The first-order chi connectivity index (χ1) is 16.3. The van der Waals surface area contributed by atoms with Crippen LogP contribution >= 0.6 is 27.5 Å². The number of halogens is 2. The van der Waals surface area contributed by atoms with Crippen LogP contribution in [0.4, 0.5) is 5.69 Å². The van der Waals surface area contributed by atoms with Gasteiger partial charge in [0.15, 0.2) is 0 Å². The van der Waals surface area contributed by atoms with Crippen molar-refractivity contribution in [3.05, 3.63) is 28.8 Å². The largest absolute Gasteiger partial charge is 0.466 e. The van der Waals surface area contributed by atoms with Gasteiger partial charge in [-0.1, -0.05) is 39.7 Å². The highest BCUT2D eigenvalue weighted by molar-refractivity contribution is 9.09. The molecule has 2 N–H and O–H groups in total. The molecule has 4 rings (SSSR count). The van der Waals surface area contributed by atoms with Crippen molar-refractivity contribution in [1.29, 1.82) is 0 Å². The highest BCUT2D eigenvalue weighted by atomic mass is 79.9. The van der Waals surface area contributed by atoms with Gasteiger partial charge in [0.2, 0.25) is 11.8 Å². The Morgan fingerprint density at radius 3 is 2.79 bits per heavy atom. The highest BCUT2D eigenvalue weighted by Crippen LogP contribution is 2.60. The fourth-order valence-electron chi connectivity index (χ4n) is 5.73. The number of carbonyl (C=O) groups is 3. The lowest BCUT2D eigenvalue weighted by Crippen LogP contribution is -2.54. The topological polar surface area (TPSA) is 105 Å². The first kappa shape index (κ1) is 25.4. The van der Waals surface area contributed by atoms with Gasteiger partial charge in [-0.3, -0.25) is 14.4 Å². The molecule has 6 atom stereocenters. The van der Waals surface area contributed by atoms with Crippen molar-refractivity contribution in [3.8, 4) is 0 Å². The molecule has 0 saturated carbocycles. The molecule has 0 aliphatic carbocycles. The SMILES string of the molecule is CCOC(=O)[C@H]1[C@H]2C(=O)N(CCCCCO)C(C(=O)Nc3c(C)cccc3Cl)C23CC(Br)[C@@H]1O3. The number of fused-ring (bicyclic) bond motifs is 1. The number of esters is 1. The zero-order chi connectivity index (χ0) is 24.6. The molecule has 2 amide bonds. The summed E-state index contributed by atoms with van der Waals surface area (Å²) in [5.41, 5.74) is 0.156. The van der Waals surface area contributed by atoms with E-state index in [2.05, 4.69) is 21.2 Å². The lowest BCUT2D eigenvalue weighted by Gasteiger charge is -2.34. The number of aliphatic hydroxyl groups is 1. The molecule has 3 aliphatic rings. The molecule has 3 aliphatic heterocycles. The monoisotopic (exact) mass is 556 g/mol. The van der Waals surface area contributed by atoms with Gasteiger partial charge in [-0.2, -0.15) is 0 Å². The van der Waals surface area contributed by atoms with Crippen molar-refractivity contribution in [2.45, 2.75) is 62.1 Å². The van der Waals surface area contributed by atoms with Crippen molar-refractivity contribution in [2.24, 2.45) is 11.8 Å². The van der Waals surface area contributed by atoms with E-state index >= 15 is 0 Å². The first-order valence-corrected chi connectivity index (χ1v) is 13.0. The van der Waals surface area contributed by atoms with Crippen LogP contribution in [0.2, 0.25) is 5.02 Å². The minimum Gasteiger partial charge on any atom is -0.466 e. The minimum absolute atomic E-state index is 0.0667. The number of nitrogens with zero attached hydrogens (tertiary/aromatic N) is 1. The second kappa shape index (κ2) is 10.1. The number of unbranched alkanes of at least 4 members (excludes halogenated alkanes) is 2. The quantitative estimate of drug-likeness (QED) is 0.275. The summed E-state index contributed by atoms with van der Waals surface area (Å²) in [5.74, 6) is -2.68. The number of hydrogen-bond donors (Lipinski definition) is 2. The standard InChI is InChI=1S/C24H30BrClN2O6/c1-3-33-23(32)16-17-22(31)28(10-5-4-6-11-29)20(24(17)12-14(25)19(16)34-24)21(30)27-18-13(2)8-7-9-15(18)26/h7-9,14,16-17,19-20,29H,3-6,10-12H2,1-2H3,(H,27,30)/t14?,16-,17-,19-,20?,24?/m0/s1. The predicted molar refractivity (Wildman–Crippen MR) is 130 cm³/mol. The number of carbonyl (C=O) groups excluding carboxylic acids is 3. The smallest absolute Gasteiger partial charge is 0.312 e. The van der Waals surface area contributed by atoms with E-state index in [1.54, 1.807) is 24.0 Å². The Morgan fingerprint density at radius 2 is 2.12 bits per heavy atom. The average molecular weight is 558 g/mol. The van der Waals surface area contributed by atoms with Gasteiger partial charge in [0, 0.05) is 18.0 Å². The summed E-state index contributed by atoms with van der Waals surface area (Å²) in [7, 11) is 0. The molecule has 8 nitrogen and oxygen atoms in total. The second-order valence-electron chi connectivity index (χ2n) is 9.15. The summed E-state index contributed by atoms with van der Waals surface area (Å²) in [6.45, 7) is 4.16. The van der Waals surface area contributed by atoms with E-state index in [-0.39, 0.29) is 29.9 Å². The number of anilines is 1. The van der Waals surface area contributed by atoms with Gasteiger partial charge in [0.05, 0.1) is 35.3 Å². The summed E-state index contributed by atoms with van der Waals surface area (Å²) in [4.78, 5) is 41.8. The van der Waals surface area contributed by atoms with Crippen LogP contribution in [0.1, 0.15) is 38.2 Å². The number of aryl methyl sites for hydroxylation is 1. The van der Waals surface area contributed by atoms with Crippen LogP contribution in [-0.4, -0.2) is 70.1 Å². The van der Waals surface area contributed by atoms with Gasteiger partial charge in [-0.15, -0.1) is 0 Å². The Hall–Kier alpha value is -1.68. The molecule has 186 valence electrons. The minimum atomic E-state index is -1.14. The van der Waals surface area contributed by atoms with Gasteiger partial charge >= 0.3 is 5.97 Å². The zero-order valence-electron chi connectivity index (χ0n) is 19.3. The summed E-state index contributed by atoms with van der Waals surface area (Å²) < 4.78 is 11.7. The maximum atomic E-state index is 13.8. The second-order valence-corrected chi connectivity index (χ2v) is 10.7. The molecule has 3 fully saturated rings. The molecule has 3 saturated heterocycles. The zero-order valence-corrected chi connectivity index (χ0v) is 21.6. The molecule has 2 bridgehead atoms. The fraction of sp³-hybridized carbons (Fsp3) is 0.625. The third-order valence-corrected chi connectivity index (χ3v) is 8.28. The van der Waals surface area contributed by atoms with Gasteiger partial charge in [0.1, 0.15) is 11.6 Å². The number of likely N-dealkylation sites (tertiary alicyclic amines) is 1. The Kier molecular flexibility index (Phi) is 7.57. The van der Waals surface area contributed by atoms with Crippen molar-refractivity contribution < 1.29 is 29.0 Å². The summed E-state index contributed by atoms with van der Waals surface area (Å²) >= 11 is 9.98. The molecule has 3 heterocycles. The molecular formula is C24H30BrClN2O6. The predicted octanol–water partition coefficient (Wildman–Crippen LogP) is 3.06. The van der Waals surface area contributed by atoms with Crippen molar-refractivity contribution >= 4 is 51.0 Å². The van der Waals surface area contributed by atoms with E-state index in [9.17, 15) is 14.4 Å². The summed E-state index contributed by atoms with van der Waals surface area (Å²) in [6, 6.07) is 4.42. The molecule has 10 heteroatoms. The molecule has 1 aromatic carbocycles. The van der Waals surface area contributed by atoms with E-state index < -0.39 is 35.6 Å². The van der Waals surface area contributed by atoms with Gasteiger partial charge in [-0.05, 0) is 51.2 Å². The Bertz CT molecular complexity index is 957. The van der Waals surface area contributed by atoms with E-state index in [1.807, 2.05) is 13.0 Å². The van der Waals surface area contributed by atoms with E-state index in [1.165, 1.54) is 0 Å². The normalized spacial score (nSPS) is 31.6. The van der Waals surface area contributed by atoms with E-state index in [0.29, 0.717) is 42.9 Å². The number of alkyl halides is 1. The number of rotatable bonds is 9. The number of benzene rings is 1. The third-order valence-electron chi connectivity index (χ3n) is 7.12. The number of aliphatic hydroxyl groups excluding tert-OH is 1. The Morgan fingerprint density at radius 1 is 1.35 bits per heavy atom. The Labute approximate surface area is 212 Å². The number of amides is 2. The maximum Gasteiger partial charge on any atom is 0.312 e.